The van der Waals surface area contributed by atoms with E-state index in [-0.39, 0.29) is 16.5 Å². The first-order chi connectivity index (χ1) is 10.0. The molecule has 8 heteroatoms. The van der Waals surface area contributed by atoms with Gasteiger partial charge in [-0.05, 0) is 31.2 Å². The van der Waals surface area contributed by atoms with Crippen LogP contribution in [-0.2, 0) is 0 Å². The SMILES string of the molecule is Cc1ccnc2nc(C(=O)Nc3ccc(F)cc3Cl)nn12. The minimum Gasteiger partial charge on any atom is -0.318 e. The third-order valence-corrected chi connectivity index (χ3v) is 3.13. The van der Waals surface area contributed by atoms with Crippen LogP contribution < -0.4 is 5.32 Å². The summed E-state index contributed by atoms with van der Waals surface area (Å²) in [7, 11) is 0. The molecule has 1 aromatic carbocycles. The van der Waals surface area contributed by atoms with Crippen LogP contribution in [0.4, 0.5) is 10.1 Å². The lowest BCUT2D eigenvalue weighted by Crippen LogP contribution is -2.14. The maximum Gasteiger partial charge on any atom is 0.295 e. The van der Waals surface area contributed by atoms with E-state index in [1.54, 1.807) is 12.3 Å². The molecule has 6 nitrogen and oxygen atoms in total. The highest BCUT2D eigenvalue weighted by Crippen LogP contribution is 2.22. The number of fused-ring (bicyclic) bond motifs is 1. The fourth-order valence-electron chi connectivity index (χ4n) is 1.77. The Morgan fingerprint density at radius 2 is 2.19 bits per heavy atom. The lowest BCUT2D eigenvalue weighted by Gasteiger charge is -2.04. The maximum atomic E-state index is 13.0. The average Bonchev–Trinajstić information content (AvgIpc) is 2.87. The molecule has 0 bridgehead atoms. The van der Waals surface area contributed by atoms with Crippen molar-refractivity contribution in [3.8, 4) is 0 Å². The van der Waals surface area contributed by atoms with Crippen LogP contribution in [0.25, 0.3) is 5.78 Å². The molecular formula is C13H9ClFN5O. The quantitative estimate of drug-likeness (QED) is 0.789. The second-order valence-electron chi connectivity index (χ2n) is 4.31. The van der Waals surface area contributed by atoms with Crippen LogP contribution >= 0.6 is 11.6 Å². The van der Waals surface area contributed by atoms with E-state index in [0.717, 1.165) is 11.8 Å². The first-order valence-corrected chi connectivity index (χ1v) is 6.37. The summed E-state index contributed by atoms with van der Waals surface area (Å²) >= 11 is 5.85. The number of anilines is 1. The predicted molar refractivity (Wildman–Crippen MR) is 74.9 cm³/mol. The maximum absolute atomic E-state index is 13.0. The van der Waals surface area contributed by atoms with Crippen molar-refractivity contribution in [3.05, 3.63) is 52.8 Å². The van der Waals surface area contributed by atoms with E-state index in [1.165, 1.54) is 16.6 Å². The van der Waals surface area contributed by atoms with Gasteiger partial charge in [-0.25, -0.2) is 13.9 Å². The highest BCUT2D eigenvalue weighted by Gasteiger charge is 2.15. The zero-order valence-electron chi connectivity index (χ0n) is 10.8. The van der Waals surface area contributed by atoms with E-state index in [0.29, 0.717) is 5.78 Å². The molecule has 0 unspecified atom stereocenters. The van der Waals surface area contributed by atoms with Crippen LogP contribution in [0.3, 0.4) is 0 Å². The molecule has 0 saturated carbocycles. The number of nitrogens with one attached hydrogen (secondary N) is 1. The van der Waals surface area contributed by atoms with Crippen LogP contribution in [0.1, 0.15) is 16.3 Å². The lowest BCUT2D eigenvalue weighted by atomic mass is 10.3. The number of hydrogen-bond donors (Lipinski definition) is 1. The fourth-order valence-corrected chi connectivity index (χ4v) is 1.99. The van der Waals surface area contributed by atoms with Gasteiger partial charge in [0.1, 0.15) is 5.82 Å². The largest absolute Gasteiger partial charge is 0.318 e. The Labute approximate surface area is 123 Å². The molecule has 0 spiro atoms. The molecule has 21 heavy (non-hydrogen) atoms. The lowest BCUT2D eigenvalue weighted by molar-refractivity contribution is 0.101. The molecule has 0 radical (unpaired) electrons. The molecule has 0 aliphatic rings. The van der Waals surface area contributed by atoms with E-state index in [9.17, 15) is 9.18 Å². The van der Waals surface area contributed by atoms with Gasteiger partial charge in [-0.15, -0.1) is 5.10 Å². The van der Waals surface area contributed by atoms with Crippen molar-refractivity contribution in [2.24, 2.45) is 0 Å². The van der Waals surface area contributed by atoms with Gasteiger partial charge in [-0.3, -0.25) is 4.79 Å². The molecular weight excluding hydrogens is 297 g/mol. The molecule has 2 aromatic heterocycles. The molecule has 2 heterocycles. The molecule has 0 atom stereocenters. The molecule has 1 N–H and O–H groups in total. The van der Waals surface area contributed by atoms with Crippen LogP contribution in [0.2, 0.25) is 5.02 Å². The van der Waals surface area contributed by atoms with Crippen LogP contribution in [-0.4, -0.2) is 25.5 Å². The van der Waals surface area contributed by atoms with E-state index in [2.05, 4.69) is 20.4 Å². The van der Waals surface area contributed by atoms with Crippen LogP contribution in [0.5, 0.6) is 0 Å². The van der Waals surface area contributed by atoms with Gasteiger partial charge >= 0.3 is 0 Å². The number of benzene rings is 1. The standard InChI is InChI=1S/C13H9ClFN5O/c1-7-4-5-16-13-18-11(19-20(7)13)12(21)17-10-3-2-8(15)6-9(10)14/h2-6H,1H3,(H,17,21). The number of carbonyl (C=O) groups is 1. The first-order valence-electron chi connectivity index (χ1n) is 5.99. The highest BCUT2D eigenvalue weighted by atomic mass is 35.5. The second-order valence-corrected chi connectivity index (χ2v) is 4.72. The molecule has 0 saturated heterocycles. The number of aromatic nitrogens is 4. The smallest absolute Gasteiger partial charge is 0.295 e. The number of hydrogen-bond acceptors (Lipinski definition) is 4. The zero-order valence-corrected chi connectivity index (χ0v) is 11.6. The number of nitrogens with zero attached hydrogens (tertiary/aromatic N) is 4. The summed E-state index contributed by atoms with van der Waals surface area (Å²) in [5, 5.41) is 6.70. The Morgan fingerprint density at radius 1 is 1.38 bits per heavy atom. The Morgan fingerprint density at radius 3 is 2.90 bits per heavy atom. The molecule has 3 rings (SSSR count). The predicted octanol–water partition coefficient (Wildman–Crippen LogP) is 2.48. The summed E-state index contributed by atoms with van der Waals surface area (Å²) in [6, 6.07) is 5.43. The first kappa shape index (κ1) is 13.4. The minimum atomic E-state index is -0.548. The Kier molecular flexibility index (Phi) is 3.26. The Bertz CT molecular complexity index is 848. The van der Waals surface area contributed by atoms with E-state index >= 15 is 0 Å². The number of rotatable bonds is 2. The molecule has 106 valence electrons. The van der Waals surface area contributed by atoms with Crippen molar-refractivity contribution < 1.29 is 9.18 Å². The van der Waals surface area contributed by atoms with Crippen molar-refractivity contribution in [2.45, 2.75) is 6.92 Å². The number of amides is 1. The zero-order chi connectivity index (χ0) is 15.0. The third kappa shape index (κ3) is 2.55. The summed E-state index contributed by atoms with van der Waals surface area (Å²) in [6.07, 6.45) is 1.58. The van der Waals surface area contributed by atoms with Gasteiger partial charge in [0.15, 0.2) is 0 Å². The monoisotopic (exact) mass is 305 g/mol. The van der Waals surface area contributed by atoms with Crippen molar-refractivity contribution in [3.63, 3.8) is 0 Å². The Balaban J connectivity index is 1.92. The van der Waals surface area contributed by atoms with Crippen molar-refractivity contribution in [2.75, 3.05) is 5.32 Å². The average molecular weight is 306 g/mol. The van der Waals surface area contributed by atoms with Gasteiger partial charge < -0.3 is 5.32 Å². The van der Waals surface area contributed by atoms with Gasteiger partial charge in [0.25, 0.3) is 11.7 Å². The fraction of sp³-hybridized carbons (Fsp3) is 0.0769. The van der Waals surface area contributed by atoms with Gasteiger partial charge in [-0.1, -0.05) is 11.6 Å². The van der Waals surface area contributed by atoms with E-state index in [1.807, 2.05) is 6.92 Å². The molecule has 0 aliphatic heterocycles. The molecule has 3 aromatic rings. The summed E-state index contributed by atoms with van der Waals surface area (Å²) in [5.74, 6) is -0.750. The molecule has 1 amide bonds. The normalized spacial score (nSPS) is 10.8. The van der Waals surface area contributed by atoms with Crippen molar-refractivity contribution in [1.29, 1.82) is 0 Å². The molecule has 0 fully saturated rings. The highest BCUT2D eigenvalue weighted by molar-refractivity contribution is 6.33. The number of aryl methyl sites for hydroxylation is 1. The molecule has 0 aliphatic carbocycles. The van der Waals surface area contributed by atoms with Crippen molar-refractivity contribution >= 4 is 29.0 Å². The van der Waals surface area contributed by atoms with E-state index in [4.69, 9.17) is 11.6 Å². The van der Waals surface area contributed by atoms with Gasteiger partial charge in [0.05, 0.1) is 10.7 Å². The number of halogens is 2. The summed E-state index contributed by atoms with van der Waals surface area (Å²) in [4.78, 5) is 20.1. The van der Waals surface area contributed by atoms with Gasteiger partial charge in [-0.2, -0.15) is 4.98 Å². The third-order valence-electron chi connectivity index (χ3n) is 2.81. The van der Waals surface area contributed by atoms with Crippen LogP contribution in [0.15, 0.2) is 30.5 Å². The second kappa shape index (κ2) is 5.10. The van der Waals surface area contributed by atoms with Gasteiger partial charge in [0, 0.05) is 11.9 Å². The summed E-state index contributed by atoms with van der Waals surface area (Å²) in [5.41, 5.74) is 1.08. The van der Waals surface area contributed by atoms with Gasteiger partial charge in [0.2, 0.25) is 5.82 Å². The van der Waals surface area contributed by atoms with E-state index < -0.39 is 11.7 Å². The van der Waals surface area contributed by atoms with Crippen LogP contribution in [0, 0.1) is 12.7 Å². The summed E-state index contributed by atoms with van der Waals surface area (Å²) < 4.78 is 14.4. The summed E-state index contributed by atoms with van der Waals surface area (Å²) in [6.45, 7) is 1.82. The topological polar surface area (TPSA) is 72.2 Å². The van der Waals surface area contributed by atoms with Crippen molar-refractivity contribution in [1.82, 2.24) is 19.6 Å². The minimum absolute atomic E-state index is 0.0443. The Hall–Kier alpha value is -2.54. The number of carbonyl (C=O) groups excluding carboxylic acids is 1.